The van der Waals surface area contributed by atoms with Crippen molar-refractivity contribution in [3.63, 3.8) is 0 Å². The van der Waals surface area contributed by atoms with Crippen molar-refractivity contribution in [2.75, 3.05) is 37.2 Å². The van der Waals surface area contributed by atoms with E-state index < -0.39 is 34.6 Å². The van der Waals surface area contributed by atoms with E-state index in [1.807, 2.05) is 30.3 Å². The molecule has 51 heavy (non-hydrogen) atoms. The number of benzene rings is 3. The number of nitrogens with zero attached hydrogens (tertiary/aromatic N) is 4. The van der Waals surface area contributed by atoms with Crippen LogP contribution in [0.5, 0.6) is 11.6 Å². The van der Waals surface area contributed by atoms with Crippen LogP contribution in [-0.4, -0.2) is 79.7 Å². The maximum Gasteiger partial charge on any atom is 0.296 e. The van der Waals surface area contributed by atoms with Crippen LogP contribution in [0.4, 0.5) is 15.8 Å². The van der Waals surface area contributed by atoms with Crippen molar-refractivity contribution in [2.24, 2.45) is 5.92 Å². The molecule has 13 nitrogen and oxygen atoms in total. The SMILES string of the molecule is Nc1c(Oc2ccc(F)cc2)ncn(CC2(O)CCN(C(=O)[C@@H]3CCN(C(=O)c4ccc5c(c4)C(=O)C(=O)N5)C[C@H]3c3ccccc3)CC2)c1=O. The summed E-state index contributed by atoms with van der Waals surface area (Å²) in [5.74, 6) is -2.83. The highest BCUT2D eigenvalue weighted by Gasteiger charge is 2.42. The van der Waals surface area contributed by atoms with Gasteiger partial charge in [0.2, 0.25) is 11.8 Å². The zero-order valence-electron chi connectivity index (χ0n) is 27.5. The number of ether oxygens (including phenoxy) is 1. The smallest absolute Gasteiger partial charge is 0.296 e. The first kappa shape index (κ1) is 33.6. The number of nitrogens with one attached hydrogen (secondary N) is 1. The van der Waals surface area contributed by atoms with E-state index in [-0.39, 0.29) is 85.2 Å². The third kappa shape index (κ3) is 6.69. The molecule has 3 amide bonds. The van der Waals surface area contributed by atoms with Gasteiger partial charge in [0.05, 0.1) is 23.4 Å². The topological polar surface area (TPSA) is 177 Å². The van der Waals surface area contributed by atoms with Gasteiger partial charge in [-0.25, -0.2) is 9.37 Å². The molecular formula is C37H35FN6O7. The van der Waals surface area contributed by atoms with Crippen LogP contribution in [0.1, 0.15) is 51.5 Å². The van der Waals surface area contributed by atoms with Gasteiger partial charge in [0, 0.05) is 43.6 Å². The fourth-order valence-corrected chi connectivity index (χ4v) is 7.08. The van der Waals surface area contributed by atoms with Gasteiger partial charge in [0.1, 0.15) is 17.9 Å². The van der Waals surface area contributed by atoms with Crippen LogP contribution < -0.4 is 21.3 Å². The van der Waals surface area contributed by atoms with Crippen LogP contribution in [-0.2, 0) is 16.1 Å². The summed E-state index contributed by atoms with van der Waals surface area (Å²) in [6, 6.07) is 19.3. The molecule has 4 aromatic rings. The van der Waals surface area contributed by atoms with E-state index in [1.165, 1.54) is 41.2 Å². The predicted octanol–water partition coefficient (Wildman–Crippen LogP) is 3.19. The number of rotatable bonds is 7. The summed E-state index contributed by atoms with van der Waals surface area (Å²) < 4.78 is 20.0. The molecule has 0 saturated carbocycles. The molecule has 2 fully saturated rings. The minimum Gasteiger partial charge on any atom is -0.437 e. The molecule has 2 atom stereocenters. The summed E-state index contributed by atoms with van der Waals surface area (Å²) in [6.45, 7) is 1.02. The number of ketones is 1. The van der Waals surface area contributed by atoms with Crippen molar-refractivity contribution in [1.29, 1.82) is 0 Å². The summed E-state index contributed by atoms with van der Waals surface area (Å²) >= 11 is 0. The molecule has 0 radical (unpaired) electrons. The van der Waals surface area contributed by atoms with Gasteiger partial charge in [-0.15, -0.1) is 0 Å². The van der Waals surface area contributed by atoms with Crippen molar-refractivity contribution < 1.29 is 33.4 Å². The Balaban J connectivity index is 1.02. The molecule has 2 saturated heterocycles. The molecule has 7 rings (SSSR count). The van der Waals surface area contributed by atoms with Crippen molar-refractivity contribution in [1.82, 2.24) is 19.4 Å². The van der Waals surface area contributed by atoms with Gasteiger partial charge in [-0.05, 0) is 67.3 Å². The number of likely N-dealkylation sites (tertiary alicyclic amines) is 2. The zero-order chi connectivity index (χ0) is 35.9. The number of Topliss-reactive ketones (excluding diaryl/α,β-unsaturated/α-hetero) is 1. The molecule has 3 aliphatic heterocycles. The fraction of sp³-hybridized carbons (Fsp3) is 0.297. The zero-order valence-corrected chi connectivity index (χ0v) is 27.5. The highest BCUT2D eigenvalue weighted by atomic mass is 19.1. The van der Waals surface area contributed by atoms with Gasteiger partial charge < -0.3 is 30.7 Å². The molecule has 3 aliphatic rings. The lowest BCUT2D eigenvalue weighted by Crippen LogP contribution is -2.53. The first-order chi connectivity index (χ1) is 24.5. The standard InChI is InChI=1S/C37H35FN6O7/c38-24-7-9-25(10-8-24)51-33-30(39)36(49)44(21-40-33)20-37(50)13-16-42(17-14-37)35(48)26-12-15-43(19-28(26)22-4-2-1-3-5-22)34(47)23-6-11-29-27(18-23)31(45)32(46)41-29/h1-11,18,21,26,28,50H,12-17,19-20,39H2,(H,41,45,46)/t26-,28+/m1/s1. The van der Waals surface area contributed by atoms with Gasteiger partial charge in [-0.2, -0.15) is 0 Å². The monoisotopic (exact) mass is 694 g/mol. The quantitative estimate of drug-likeness (QED) is 0.245. The Morgan fingerprint density at radius 3 is 2.43 bits per heavy atom. The summed E-state index contributed by atoms with van der Waals surface area (Å²) in [6.07, 6.45) is 2.06. The number of halogens is 1. The van der Waals surface area contributed by atoms with Gasteiger partial charge >= 0.3 is 0 Å². The van der Waals surface area contributed by atoms with E-state index in [4.69, 9.17) is 10.5 Å². The van der Waals surface area contributed by atoms with Crippen LogP contribution in [0.2, 0.25) is 0 Å². The Morgan fingerprint density at radius 1 is 0.980 bits per heavy atom. The van der Waals surface area contributed by atoms with Crippen molar-refractivity contribution in [2.45, 2.75) is 37.3 Å². The number of hydrogen-bond donors (Lipinski definition) is 3. The number of nitrogen functional groups attached to an aromatic ring is 1. The average Bonchev–Trinajstić information content (AvgIpc) is 3.43. The van der Waals surface area contributed by atoms with E-state index >= 15 is 0 Å². The first-order valence-corrected chi connectivity index (χ1v) is 16.6. The number of anilines is 2. The largest absolute Gasteiger partial charge is 0.437 e. The second-order valence-corrected chi connectivity index (χ2v) is 13.2. The van der Waals surface area contributed by atoms with Gasteiger partial charge in [0.25, 0.3) is 23.2 Å². The number of carbonyl (C=O) groups excluding carboxylic acids is 4. The van der Waals surface area contributed by atoms with E-state index in [0.717, 1.165) is 5.56 Å². The second-order valence-electron chi connectivity index (χ2n) is 13.2. The number of hydrogen-bond acceptors (Lipinski definition) is 9. The molecule has 0 aliphatic carbocycles. The van der Waals surface area contributed by atoms with Gasteiger partial charge in [-0.3, -0.25) is 28.5 Å². The highest BCUT2D eigenvalue weighted by molar-refractivity contribution is 6.51. The summed E-state index contributed by atoms with van der Waals surface area (Å²) in [7, 11) is 0. The summed E-state index contributed by atoms with van der Waals surface area (Å²) in [5, 5.41) is 14.0. The molecule has 4 N–H and O–H groups in total. The molecule has 1 aromatic heterocycles. The normalized spacial score (nSPS) is 19.7. The van der Waals surface area contributed by atoms with E-state index in [9.17, 15) is 33.5 Å². The van der Waals surface area contributed by atoms with Gasteiger partial charge in [0.15, 0.2) is 5.69 Å². The average molecular weight is 695 g/mol. The molecule has 3 aromatic carbocycles. The Morgan fingerprint density at radius 2 is 1.71 bits per heavy atom. The third-order valence-electron chi connectivity index (χ3n) is 9.95. The lowest BCUT2D eigenvalue weighted by molar-refractivity contribution is -0.142. The minimum atomic E-state index is -1.31. The maximum absolute atomic E-state index is 14.1. The Kier molecular flexibility index (Phi) is 8.85. The first-order valence-electron chi connectivity index (χ1n) is 16.6. The van der Waals surface area contributed by atoms with Crippen molar-refractivity contribution >= 4 is 34.9 Å². The summed E-state index contributed by atoms with van der Waals surface area (Å²) in [4.78, 5) is 72.5. The second kappa shape index (κ2) is 13.4. The lowest BCUT2D eigenvalue weighted by Gasteiger charge is -2.43. The highest BCUT2D eigenvalue weighted by Crippen LogP contribution is 2.36. The maximum atomic E-state index is 14.1. The molecule has 14 heteroatoms. The van der Waals surface area contributed by atoms with Crippen LogP contribution in [0.15, 0.2) is 83.9 Å². The number of carbonyl (C=O) groups is 4. The Bertz CT molecular complexity index is 2080. The molecule has 0 bridgehead atoms. The number of amides is 3. The molecular weight excluding hydrogens is 659 g/mol. The molecule has 262 valence electrons. The van der Waals surface area contributed by atoms with Crippen LogP contribution in [0.25, 0.3) is 0 Å². The predicted molar refractivity (Wildman–Crippen MR) is 183 cm³/mol. The van der Waals surface area contributed by atoms with E-state index in [0.29, 0.717) is 18.7 Å². The Hall–Kier alpha value is -5.89. The number of nitrogens with two attached hydrogens (primary N) is 1. The number of piperidine rings is 2. The number of aromatic nitrogens is 2. The molecule has 0 spiro atoms. The third-order valence-corrected chi connectivity index (χ3v) is 9.95. The lowest BCUT2D eigenvalue weighted by atomic mass is 9.79. The molecule has 0 unspecified atom stereocenters. The minimum absolute atomic E-state index is 0.0731. The van der Waals surface area contributed by atoms with Crippen molar-refractivity contribution in [3.8, 4) is 11.6 Å². The number of fused-ring (bicyclic) bond motifs is 1. The number of aliphatic hydroxyl groups is 1. The molecule has 4 heterocycles. The fourth-order valence-electron chi connectivity index (χ4n) is 7.08. The summed E-state index contributed by atoms with van der Waals surface area (Å²) in [5.41, 5.74) is 5.61. The van der Waals surface area contributed by atoms with E-state index in [2.05, 4.69) is 10.3 Å². The van der Waals surface area contributed by atoms with Crippen molar-refractivity contribution in [3.05, 3.63) is 112 Å². The Labute approximate surface area is 291 Å². The van der Waals surface area contributed by atoms with Gasteiger partial charge in [-0.1, -0.05) is 30.3 Å². The van der Waals surface area contributed by atoms with Crippen LogP contribution >= 0.6 is 0 Å². The van der Waals surface area contributed by atoms with Crippen LogP contribution in [0.3, 0.4) is 0 Å². The van der Waals surface area contributed by atoms with Crippen LogP contribution in [0, 0.1) is 11.7 Å². The van der Waals surface area contributed by atoms with E-state index in [1.54, 1.807) is 21.9 Å².